The van der Waals surface area contributed by atoms with E-state index in [0.717, 1.165) is 22.8 Å². The van der Waals surface area contributed by atoms with Crippen LogP contribution >= 0.6 is 0 Å². The SMILES string of the molecule is COC(=O)CN1C(=O)c2c(O)c(=O)c(C(=O)O)cn2C[C@@H]1C(=O)NC(C)(C)C. The van der Waals surface area contributed by atoms with Gasteiger partial charge in [-0.05, 0) is 20.8 Å². The standard InChI is InChI=1S/C17H21N3O8/c1-17(2,3)18-14(24)9-6-19-5-8(16(26)27)12(22)13(23)11(19)15(25)20(9)7-10(21)28-4/h5,9,23H,6-7H2,1-4H3,(H,18,24)(H,26,27)/t9-/m1/s1. The van der Waals surface area contributed by atoms with Gasteiger partial charge in [-0.15, -0.1) is 0 Å². The highest BCUT2D eigenvalue weighted by Gasteiger charge is 2.41. The number of rotatable bonds is 4. The second-order valence-corrected chi connectivity index (χ2v) is 7.29. The third kappa shape index (κ3) is 3.97. The van der Waals surface area contributed by atoms with E-state index in [1.54, 1.807) is 20.8 Å². The Bertz CT molecular complexity index is 912. The highest BCUT2D eigenvalue weighted by Crippen LogP contribution is 2.24. The minimum Gasteiger partial charge on any atom is -0.503 e. The predicted molar refractivity (Wildman–Crippen MR) is 94.1 cm³/mol. The fraction of sp³-hybridized carbons (Fsp3) is 0.471. The lowest BCUT2D eigenvalue weighted by Crippen LogP contribution is -2.59. The van der Waals surface area contributed by atoms with Gasteiger partial charge in [0.05, 0.1) is 13.7 Å². The molecule has 0 saturated heterocycles. The van der Waals surface area contributed by atoms with Gasteiger partial charge >= 0.3 is 11.9 Å². The van der Waals surface area contributed by atoms with Gasteiger partial charge in [0.25, 0.3) is 5.91 Å². The highest BCUT2D eigenvalue weighted by atomic mass is 16.5. The maximum atomic E-state index is 12.9. The van der Waals surface area contributed by atoms with Crippen LogP contribution in [0.4, 0.5) is 0 Å². The number of ether oxygens (including phenoxy) is 1. The van der Waals surface area contributed by atoms with E-state index >= 15 is 0 Å². The maximum absolute atomic E-state index is 12.9. The van der Waals surface area contributed by atoms with Gasteiger partial charge in [0, 0.05) is 11.7 Å². The van der Waals surface area contributed by atoms with E-state index in [1.807, 2.05) is 0 Å². The van der Waals surface area contributed by atoms with Gasteiger partial charge in [-0.25, -0.2) is 4.79 Å². The Morgan fingerprint density at radius 2 is 1.89 bits per heavy atom. The first kappa shape index (κ1) is 20.9. The van der Waals surface area contributed by atoms with Crippen molar-refractivity contribution in [1.82, 2.24) is 14.8 Å². The van der Waals surface area contributed by atoms with Gasteiger partial charge < -0.3 is 29.7 Å². The summed E-state index contributed by atoms with van der Waals surface area (Å²) in [6.45, 7) is 4.30. The number of amides is 2. The molecule has 0 radical (unpaired) electrons. The number of fused-ring (bicyclic) bond motifs is 1. The van der Waals surface area contributed by atoms with Crippen LogP contribution in [-0.2, 0) is 20.9 Å². The second-order valence-electron chi connectivity index (χ2n) is 7.29. The van der Waals surface area contributed by atoms with Crippen molar-refractivity contribution in [3.8, 4) is 5.75 Å². The lowest BCUT2D eigenvalue weighted by molar-refractivity contribution is -0.143. The third-order valence-corrected chi connectivity index (χ3v) is 4.02. The molecule has 0 unspecified atom stereocenters. The number of hydrogen-bond acceptors (Lipinski definition) is 7. The van der Waals surface area contributed by atoms with Crippen LogP contribution < -0.4 is 10.7 Å². The molecule has 11 heteroatoms. The number of carboxylic acids is 1. The molecule has 0 spiro atoms. The van der Waals surface area contributed by atoms with Crippen LogP contribution in [0.5, 0.6) is 5.75 Å². The van der Waals surface area contributed by atoms with E-state index in [0.29, 0.717) is 0 Å². The molecule has 11 nitrogen and oxygen atoms in total. The molecular weight excluding hydrogens is 374 g/mol. The number of nitrogens with one attached hydrogen (secondary N) is 1. The molecule has 2 heterocycles. The largest absolute Gasteiger partial charge is 0.503 e. The van der Waals surface area contributed by atoms with Crippen molar-refractivity contribution >= 4 is 23.8 Å². The summed E-state index contributed by atoms with van der Waals surface area (Å²) in [4.78, 5) is 61.5. The first-order valence-corrected chi connectivity index (χ1v) is 8.27. The van der Waals surface area contributed by atoms with Crippen molar-refractivity contribution in [3.63, 3.8) is 0 Å². The second kappa shape index (κ2) is 7.33. The van der Waals surface area contributed by atoms with Gasteiger partial charge in [0.15, 0.2) is 11.4 Å². The Labute approximate surface area is 159 Å². The fourth-order valence-electron chi connectivity index (χ4n) is 2.80. The Hall–Kier alpha value is -3.37. The number of nitrogens with zero attached hydrogens (tertiary/aromatic N) is 2. The van der Waals surface area contributed by atoms with E-state index in [9.17, 15) is 29.1 Å². The monoisotopic (exact) mass is 395 g/mol. The molecule has 2 rings (SSSR count). The minimum absolute atomic E-state index is 0.270. The van der Waals surface area contributed by atoms with Gasteiger partial charge in [0.1, 0.15) is 18.2 Å². The zero-order chi connectivity index (χ0) is 21.4. The van der Waals surface area contributed by atoms with Crippen LogP contribution in [0.3, 0.4) is 0 Å². The molecule has 1 atom stereocenters. The Morgan fingerprint density at radius 3 is 2.39 bits per heavy atom. The molecule has 1 aromatic rings. The van der Waals surface area contributed by atoms with E-state index in [4.69, 9.17) is 5.11 Å². The number of esters is 1. The molecule has 1 aromatic heterocycles. The third-order valence-electron chi connectivity index (χ3n) is 4.02. The number of aromatic nitrogens is 1. The zero-order valence-corrected chi connectivity index (χ0v) is 15.8. The van der Waals surface area contributed by atoms with Crippen molar-refractivity contribution in [2.24, 2.45) is 0 Å². The lowest BCUT2D eigenvalue weighted by Gasteiger charge is -2.37. The first-order valence-electron chi connectivity index (χ1n) is 8.27. The number of aromatic hydroxyl groups is 1. The number of pyridine rings is 1. The molecule has 0 aromatic carbocycles. The Kier molecular flexibility index (Phi) is 5.48. The van der Waals surface area contributed by atoms with Gasteiger partial charge in [-0.3, -0.25) is 19.2 Å². The summed E-state index contributed by atoms with van der Waals surface area (Å²) in [5, 5.41) is 21.9. The van der Waals surface area contributed by atoms with Crippen LogP contribution in [0.15, 0.2) is 11.0 Å². The maximum Gasteiger partial charge on any atom is 0.341 e. The van der Waals surface area contributed by atoms with Crippen LogP contribution in [0, 0.1) is 0 Å². The quantitative estimate of drug-likeness (QED) is 0.558. The predicted octanol–water partition coefficient (Wildman–Crippen LogP) is -0.836. The van der Waals surface area contributed by atoms with Crippen LogP contribution in [-0.4, -0.2) is 68.7 Å². The molecule has 0 saturated carbocycles. The molecule has 3 N–H and O–H groups in total. The fourth-order valence-corrected chi connectivity index (χ4v) is 2.80. The number of carbonyl (C=O) groups is 4. The molecular formula is C17H21N3O8. The van der Waals surface area contributed by atoms with Crippen molar-refractivity contribution in [2.45, 2.75) is 38.9 Å². The topological polar surface area (TPSA) is 155 Å². The average molecular weight is 395 g/mol. The summed E-state index contributed by atoms with van der Waals surface area (Å²) >= 11 is 0. The van der Waals surface area contributed by atoms with Crippen molar-refractivity contribution < 1.29 is 34.1 Å². The van der Waals surface area contributed by atoms with E-state index in [2.05, 4.69) is 10.1 Å². The van der Waals surface area contributed by atoms with Crippen LogP contribution in [0.2, 0.25) is 0 Å². The van der Waals surface area contributed by atoms with Gasteiger partial charge in [-0.1, -0.05) is 0 Å². The van der Waals surface area contributed by atoms with E-state index in [-0.39, 0.29) is 6.54 Å². The number of methoxy groups -OCH3 is 1. The first-order chi connectivity index (χ1) is 12.9. The summed E-state index contributed by atoms with van der Waals surface area (Å²) in [5.41, 5.74) is -3.12. The Morgan fingerprint density at radius 1 is 1.29 bits per heavy atom. The smallest absolute Gasteiger partial charge is 0.341 e. The van der Waals surface area contributed by atoms with Crippen molar-refractivity contribution in [1.29, 1.82) is 0 Å². The average Bonchev–Trinajstić information content (AvgIpc) is 2.57. The van der Waals surface area contributed by atoms with Crippen LogP contribution in [0.25, 0.3) is 0 Å². The molecule has 1 aliphatic rings. The number of carbonyl (C=O) groups excluding carboxylic acids is 3. The summed E-state index contributed by atoms with van der Waals surface area (Å²) in [6, 6.07) is -1.19. The van der Waals surface area contributed by atoms with Crippen molar-refractivity contribution in [2.75, 3.05) is 13.7 Å². The summed E-state index contributed by atoms with van der Waals surface area (Å²) in [5.74, 6) is -5.02. The molecule has 0 bridgehead atoms. The summed E-state index contributed by atoms with van der Waals surface area (Å²) < 4.78 is 5.58. The van der Waals surface area contributed by atoms with Crippen LogP contribution in [0.1, 0.15) is 41.6 Å². The Balaban J connectivity index is 2.60. The summed E-state index contributed by atoms with van der Waals surface area (Å²) in [7, 11) is 1.11. The number of carboxylic acid groups (broad SMARTS) is 1. The highest BCUT2D eigenvalue weighted by molar-refractivity contribution is 6.02. The lowest BCUT2D eigenvalue weighted by atomic mass is 10.0. The summed E-state index contributed by atoms with van der Waals surface area (Å²) in [6.07, 6.45) is 0.893. The van der Waals surface area contributed by atoms with Gasteiger partial charge in [0.2, 0.25) is 11.3 Å². The van der Waals surface area contributed by atoms with E-state index in [1.165, 1.54) is 0 Å². The molecule has 2 amide bonds. The minimum atomic E-state index is -1.59. The van der Waals surface area contributed by atoms with E-state index < -0.39 is 64.3 Å². The van der Waals surface area contributed by atoms with Gasteiger partial charge in [-0.2, -0.15) is 0 Å². The van der Waals surface area contributed by atoms with Crippen molar-refractivity contribution in [3.05, 3.63) is 27.7 Å². The molecule has 1 aliphatic heterocycles. The molecule has 0 fully saturated rings. The molecule has 28 heavy (non-hydrogen) atoms. The molecule has 152 valence electrons. The number of aromatic carboxylic acids is 1. The molecule has 0 aliphatic carbocycles. The number of hydrogen-bond donors (Lipinski definition) is 3. The normalized spacial score (nSPS) is 16.4. The zero-order valence-electron chi connectivity index (χ0n) is 15.8.